The maximum Gasteiger partial charge on any atom is 0.335 e. The Morgan fingerprint density at radius 3 is 2.48 bits per heavy atom. The van der Waals surface area contributed by atoms with E-state index >= 15 is 0 Å². The molecule has 0 heterocycles. The Hall–Kier alpha value is -2.33. The number of carboxylic acid groups (broad SMARTS) is 1. The van der Waals surface area contributed by atoms with E-state index in [-0.39, 0.29) is 11.5 Å². The Labute approximate surface area is 172 Å². The standard InChI is InChI=1S/C18H24O2.C7H6O2/c1-18-9-8-14-13-5-3-12(19)10-11(13)2-4-15(14)16(18)6-7-17(18)20;8-7(9)6-4-2-1-3-5-6/h3,5,10,14-17,19-20H,2,4,6-9H2,1H3;1-5H,(H,8,9)/t14-,15-,16+,17?,18+;/m1./s1. The Morgan fingerprint density at radius 2 is 1.79 bits per heavy atom. The van der Waals surface area contributed by atoms with Gasteiger partial charge < -0.3 is 15.3 Å². The molecule has 5 atom stereocenters. The van der Waals surface area contributed by atoms with Gasteiger partial charge in [-0.3, -0.25) is 0 Å². The van der Waals surface area contributed by atoms with Crippen molar-refractivity contribution < 1.29 is 20.1 Å². The van der Waals surface area contributed by atoms with Crippen molar-refractivity contribution in [3.8, 4) is 5.75 Å². The van der Waals surface area contributed by atoms with E-state index in [0.717, 1.165) is 25.2 Å². The van der Waals surface area contributed by atoms with E-state index in [1.165, 1.54) is 30.4 Å². The van der Waals surface area contributed by atoms with Crippen LogP contribution in [0.15, 0.2) is 48.5 Å². The van der Waals surface area contributed by atoms with E-state index in [9.17, 15) is 15.0 Å². The molecule has 5 rings (SSSR count). The van der Waals surface area contributed by atoms with Gasteiger partial charge in [-0.1, -0.05) is 31.2 Å². The largest absolute Gasteiger partial charge is 0.508 e. The van der Waals surface area contributed by atoms with Crippen molar-refractivity contribution in [1.29, 1.82) is 0 Å². The average Bonchev–Trinajstić information content (AvgIpc) is 3.03. The number of phenols is 1. The molecule has 4 heteroatoms. The summed E-state index contributed by atoms with van der Waals surface area (Å²) in [5.74, 6) is 1.61. The Balaban J connectivity index is 0.000000192. The van der Waals surface area contributed by atoms with Gasteiger partial charge in [-0.05, 0) is 97.1 Å². The van der Waals surface area contributed by atoms with E-state index in [0.29, 0.717) is 23.1 Å². The van der Waals surface area contributed by atoms with Gasteiger partial charge in [0.05, 0.1) is 11.7 Å². The van der Waals surface area contributed by atoms with Crippen LogP contribution in [0.1, 0.15) is 66.4 Å². The lowest BCUT2D eigenvalue weighted by Crippen LogP contribution is -2.43. The van der Waals surface area contributed by atoms with Crippen molar-refractivity contribution >= 4 is 5.97 Å². The highest BCUT2D eigenvalue weighted by molar-refractivity contribution is 5.87. The highest BCUT2D eigenvalue weighted by atomic mass is 16.4. The van der Waals surface area contributed by atoms with Gasteiger partial charge in [0.2, 0.25) is 0 Å². The third kappa shape index (κ3) is 3.66. The fourth-order valence-corrected chi connectivity index (χ4v) is 6.12. The maximum atomic E-state index is 10.4. The molecule has 2 fully saturated rings. The first-order chi connectivity index (χ1) is 13.9. The summed E-state index contributed by atoms with van der Waals surface area (Å²) in [4.78, 5) is 10.2. The number of hydrogen-bond acceptors (Lipinski definition) is 3. The first-order valence-corrected chi connectivity index (χ1v) is 10.7. The summed E-state index contributed by atoms with van der Waals surface area (Å²) >= 11 is 0. The number of carbonyl (C=O) groups is 1. The third-order valence-electron chi connectivity index (χ3n) is 7.68. The predicted molar refractivity (Wildman–Crippen MR) is 112 cm³/mol. The van der Waals surface area contributed by atoms with Crippen molar-refractivity contribution in [2.24, 2.45) is 17.3 Å². The zero-order chi connectivity index (χ0) is 20.6. The van der Waals surface area contributed by atoms with E-state index < -0.39 is 5.97 Å². The molecule has 3 aliphatic carbocycles. The van der Waals surface area contributed by atoms with Crippen LogP contribution in [0, 0.1) is 17.3 Å². The van der Waals surface area contributed by atoms with Crippen molar-refractivity contribution in [2.45, 2.75) is 57.5 Å². The lowest BCUT2D eigenvalue weighted by atomic mass is 9.55. The lowest BCUT2D eigenvalue weighted by molar-refractivity contribution is -0.0226. The van der Waals surface area contributed by atoms with Gasteiger partial charge >= 0.3 is 5.97 Å². The number of aryl methyl sites for hydroxylation is 1. The summed E-state index contributed by atoms with van der Waals surface area (Å²) in [5, 5.41) is 28.4. The highest BCUT2D eigenvalue weighted by Gasteiger charge is 2.54. The number of aromatic hydroxyl groups is 1. The molecule has 0 radical (unpaired) electrons. The van der Waals surface area contributed by atoms with Crippen LogP contribution in [-0.4, -0.2) is 27.4 Å². The summed E-state index contributed by atoms with van der Waals surface area (Å²) in [5.41, 5.74) is 3.32. The Kier molecular flexibility index (Phi) is 5.39. The molecular weight excluding hydrogens is 364 g/mol. The zero-order valence-corrected chi connectivity index (χ0v) is 16.9. The van der Waals surface area contributed by atoms with Crippen LogP contribution in [0.2, 0.25) is 0 Å². The van der Waals surface area contributed by atoms with Gasteiger partial charge in [0.15, 0.2) is 0 Å². The monoisotopic (exact) mass is 394 g/mol. The first-order valence-electron chi connectivity index (χ1n) is 10.7. The second-order valence-electron chi connectivity index (χ2n) is 9.11. The minimum absolute atomic E-state index is 0.0883. The predicted octanol–water partition coefficient (Wildman–Crippen LogP) is 4.99. The molecule has 4 nitrogen and oxygen atoms in total. The summed E-state index contributed by atoms with van der Waals surface area (Å²) in [6.45, 7) is 2.32. The number of carboxylic acids is 1. The van der Waals surface area contributed by atoms with Gasteiger partial charge in [0, 0.05) is 0 Å². The molecule has 2 saturated carbocycles. The number of hydrogen-bond donors (Lipinski definition) is 3. The number of aliphatic hydroxyl groups excluding tert-OH is 1. The number of phenolic OH excluding ortho intramolecular Hbond substituents is 1. The fraction of sp³-hybridized carbons (Fsp3) is 0.480. The topological polar surface area (TPSA) is 77.8 Å². The lowest BCUT2D eigenvalue weighted by Gasteiger charge is -2.50. The van der Waals surface area contributed by atoms with Gasteiger partial charge in [-0.15, -0.1) is 0 Å². The van der Waals surface area contributed by atoms with Gasteiger partial charge in [-0.2, -0.15) is 0 Å². The molecule has 0 aromatic heterocycles. The number of fused-ring (bicyclic) bond motifs is 5. The number of rotatable bonds is 1. The molecule has 3 N–H and O–H groups in total. The summed E-state index contributed by atoms with van der Waals surface area (Å²) in [6.07, 6.45) is 6.78. The van der Waals surface area contributed by atoms with Crippen molar-refractivity contribution in [3.63, 3.8) is 0 Å². The summed E-state index contributed by atoms with van der Waals surface area (Å²) in [6, 6.07) is 14.3. The van der Waals surface area contributed by atoms with Crippen LogP contribution in [0.3, 0.4) is 0 Å². The molecule has 2 aromatic rings. The van der Waals surface area contributed by atoms with Crippen LogP contribution < -0.4 is 0 Å². The molecule has 0 bridgehead atoms. The van der Waals surface area contributed by atoms with Gasteiger partial charge in [0.1, 0.15) is 5.75 Å². The van der Waals surface area contributed by atoms with Crippen molar-refractivity contribution in [2.75, 3.05) is 0 Å². The van der Waals surface area contributed by atoms with Crippen LogP contribution in [0.4, 0.5) is 0 Å². The van der Waals surface area contributed by atoms with Gasteiger partial charge in [0.25, 0.3) is 0 Å². The molecule has 29 heavy (non-hydrogen) atoms. The molecular formula is C25H30O4. The van der Waals surface area contributed by atoms with E-state index in [1.54, 1.807) is 30.3 Å². The molecule has 1 unspecified atom stereocenters. The number of aromatic carboxylic acids is 1. The van der Waals surface area contributed by atoms with Crippen LogP contribution in [-0.2, 0) is 6.42 Å². The summed E-state index contributed by atoms with van der Waals surface area (Å²) < 4.78 is 0. The van der Waals surface area contributed by atoms with E-state index in [4.69, 9.17) is 5.11 Å². The molecule has 0 aliphatic heterocycles. The van der Waals surface area contributed by atoms with Gasteiger partial charge in [-0.25, -0.2) is 4.79 Å². The smallest absolute Gasteiger partial charge is 0.335 e. The number of benzene rings is 2. The third-order valence-corrected chi connectivity index (χ3v) is 7.68. The van der Waals surface area contributed by atoms with Crippen LogP contribution in [0.5, 0.6) is 5.75 Å². The molecule has 154 valence electrons. The second kappa shape index (κ2) is 7.83. The minimum atomic E-state index is -0.879. The normalized spacial score (nSPS) is 32.2. The van der Waals surface area contributed by atoms with Crippen molar-refractivity contribution in [3.05, 3.63) is 65.2 Å². The molecule has 0 saturated heterocycles. The first kappa shape index (κ1) is 20.0. The Bertz CT molecular complexity index is 878. The molecule has 0 spiro atoms. The second-order valence-corrected chi connectivity index (χ2v) is 9.11. The average molecular weight is 395 g/mol. The highest BCUT2D eigenvalue weighted by Crippen LogP contribution is 2.60. The van der Waals surface area contributed by atoms with E-state index in [1.807, 2.05) is 12.1 Å². The molecule has 0 amide bonds. The summed E-state index contributed by atoms with van der Waals surface area (Å²) in [7, 11) is 0. The molecule has 2 aromatic carbocycles. The maximum absolute atomic E-state index is 10.4. The van der Waals surface area contributed by atoms with Crippen LogP contribution in [0.25, 0.3) is 0 Å². The quantitative estimate of drug-likeness (QED) is 0.636. The van der Waals surface area contributed by atoms with E-state index in [2.05, 4.69) is 13.0 Å². The van der Waals surface area contributed by atoms with Crippen LogP contribution >= 0.6 is 0 Å². The Morgan fingerprint density at radius 1 is 1.03 bits per heavy atom. The SMILES string of the molecule is C[C@]12CC[C@@H]3c4ccc(O)cc4CC[C@H]3[C@@H]1CCC2O.O=C(O)c1ccccc1. The molecule has 3 aliphatic rings. The number of aliphatic hydroxyl groups is 1. The zero-order valence-electron chi connectivity index (χ0n) is 16.9. The minimum Gasteiger partial charge on any atom is -0.508 e. The van der Waals surface area contributed by atoms with Crippen molar-refractivity contribution in [1.82, 2.24) is 0 Å². The fourth-order valence-electron chi connectivity index (χ4n) is 6.12.